The Balaban J connectivity index is 1.06. The molecule has 6 aliphatic heterocycles. The predicted octanol–water partition coefficient (Wildman–Crippen LogP) is -14.1. The first kappa shape index (κ1) is 55.1. The van der Waals surface area contributed by atoms with Crippen molar-refractivity contribution >= 4 is 0 Å². The standard InChI is InChI=1S/C36H62O31/c37-1-7-13(42)15(44)22(51)32(59-7)57-6-12-14(43)16(45)23(52)33(63-12)65-28-9(3-39)61-35(25(54)18(28)47)67-30-11(5-41)62-36(26(55)20(30)49)66-29-10(4-40)60-34(24(53)19(29)48)64-27-8(2-38)58-31(56)21(50)17(27)46/h7-56H,1-6H2/t7-,8-,9-,10-,11-,12-,13-,14+,15+,16+,17-,18-,19-,20-,21-,22-,23-,24-,25-,26-,27+,28-,29+,30-,31+,32-,33-,34-,35+,36+/m1/s1. The molecule has 0 unspecified atom stereocenters. The van der Waals surface area contributed by atoms with Crippen molar-refractivity contribution in [1.29, 1.82) is 0 Å². The Morgan fingerprint density at radius 2 is 0.522 bits per heavy atom. The van der Waals surface area contributed by atoms with Crippen LogP contribution in [0.15, 0.2) is 0 Å². The molecule has 30 atom stereocenters. The molecule has 0 spiro atoms. The highest BCUT2D eigenvalue weighted by Gasteiger charge is 2.57. The molecule has 6 aliphatic rings. The summed E-state index contributed by atoms with van der Waals surface area (Å²) in [4.78, 5) is 0. The van der Waals surface area contributed by atoms with Crippen molar-refractivity contribution in [2.75, 3.05) is 39.6 Å². The highest BCUT2D eigenvalue weighted by molar-refractivity contribution is 4.99. The fourth-order valence-electron chi connectivity index (χ4n) is 8.42. The molecule has 6 rings (SSSR count). The lowest BCUT2D eigenvalue weighted by molar-refractivity contribution is -0.393. The Bertz CT molecular complexity index is 1500. The third kappa shape index (κ3) is 11.4. The van der Waals surface area contributed by atoms with Crippen LogP contribution in [0.2, 0.25) is 0 Å². The molecule has 392 valence electrons. The molecule has 0 aromatic rings. The lowest BCUT2D eigenvalue weighted by Gasteiger charge is -2.49. The van der Waals surface area contributed by atoms with E-state index in [0.29, 0.717) is 0 Å². The number of aliphatic hydroxyl groups excluding tert-OH is 20. The SMILES string of the molecule is OC[C@H]1O[C@@H](OC[C@H]2O[C@H](O[C@H]3[C@H](O)[C@@H](O)[C@H](O[C@H]4[C@H](O)[C@@H](O)[C@H](O[C@@H]5[C@H](O)[C@@H](O)[C@@H](O[C@@H]6[C@H](O)[C@@H](O)[C@@H](O)O[C@@H]6CO)O[C@@H]5CO)O[C@@H]4CO)O[C@@H]3CO)[C@H](O)[C@@H](O)[C@H]2O)[C@H](O)[C@@H](O)[C@@H]1O. The Kier molecular flexibility index (Phi) is 19.4. The van der Waals surface area contributed by atoms with Gasteiger partial charge in [0, 0.05) is 0 Å². The molecule has 0 aromatic heterocycles. The molecule has 6 heterocycles. The van der Waals surface area contributed by atoms with Crippen LogP contribution < -0.4 is 0 Å². The van der Waals surface area contributed by atoms with Gasteiger partial charge in [0.1, 0.15) is 146 Å². The van der Waals surface area contributed by atoms with Gasteiger partial charge in [0.05, 0.1) is 39.6 Å². The Labute approximate surface area is 378 Å². The fourth-order valence-corrected chi connectivity index (χ4v) is 8.42. The van der Waals surface area contributed by atoms with Gasteiger partial charge >= 0.3 is 0 Å². The molecular formula is C36H62O31. The van der Waals surface area contributed by atoms with E-state index in [4.69, 9.17) is 52.1 Å². The van der Waals surface area contributed by atoms with Gasteiger partial charge in [-0.05, 0) is 0 Å². The van der Waals surface area contributed by atoms with E-state index in [1.54, 1.807) is 0 Å². The smallest absolute Gasteiger partial charge is 0.187 e. The zero-order chi connectivity index (χ0) is 49.3. The Morgan fingerprint density at radius 1 is 0.254 bits per heavy atom. The van der Waals surface area contributed by atoms with Gasteiger partial charge in [-0.15, -0.1) is 0 Å². The topological polar surface area (TPSA) is 506 Å². The van der Waals surface area contributed by atoms with E-state index in [1.165, 1.54) is 0 Å². The maximum absolute atomic E-state index is 11.2. The van der Waals surface area contributed by atoms with Gasteiger partial charge in [-0.3, -0.25) is 0 Å². The summed E-state index contributed by atoms with van der Waals surface area (Å²) in [6.45, 7) is -5.42. The largest absolute Gasteiger partial charge is 0.394 e. The lowest BCUT2D eigenvalue weighted by atomic mass is 9.95. The quantitative estimate of drug-likeness (QED) is 0.0683. The van der Waals surface area contributed by atoms with Crippen molar-refractivity contribution in [3.8, 4) is 0 Å². The third-order valence-electron chi connectivity index (χ3n) is 12.4. The van der Waals surface area contributed by atoms with Gasteiger partial charge < -0.3 is 154 Å². The van der Waals surface area contributed by atoms with Crippen LogP contribution in [0.4, 0.5) is 0 Å². The lowest BCUT2D eigenvalue weighted by Crippen LogP contribution is -2.68. The summed E-state index contributed by atoms with van der Waals surface area (Å²) < 4.78 is 60.3. The van der Waals surface area contributed by atoms with E-state index in [1.807, 2.05) is 0 Å². The first-order valence-corrected chi connectivity index (χ1v) is 21.1. The van der Waals surface area contributed by atoms with Crippen LogP contribution in [0.1, 0.15) is 0 Å². The molecule has 0 aromatic carbocycles. The molecule has 6 fully saturated rings. The van der Waals surface area contributed by atoms with Crippen LogP contribution in [0.25, 0.3) is 0 Å². The third-order valence-corrected chi connectivity index (χ3v) is 12.4. The molecule has 20 N–H and O–H groups in total. The van der Waals surface area contributed by atoms with Gasteiger partial charge in [-0.25, -0.2) is 0 Å². The van der Waals surface area contributed by atoms with E-state index in [2.05, 4.69) is 0 Å². The van der Waals surface area contributed by atoms with E-state index >= 15 is 0 Å². The minimum Gasteiger partial charge on any atom is -0.394 e. The summed E-state index contributed by atoms with van der Waals surface area (Å²) >= 11 is 0. The predicted molar refractivity (Wildman–Crippen MR) is 199 cm³/mol. The molecule has 0 bridgehead atoms. The number of ether oxygens (including phenoxy) is 11. The molecule has 67 heavy (non-hydrogen) atoms. The Hall–Kier alpha value is -1.24. The summed E-state index contributed by atoms with van der Waals surface area (Å²) in [5, 5.41) is 209. The van der Waals surface area contributed by atoms with Gasteiger partial charge in [0.2, 0.25) is 0 Å². The van der Waals surface area contributed by atoms with Crippen LogP contribution in [0.3, 0.4) is 0 Å². The van der Waals surface area contributed by atoms with Crippen molar-refractivity contribution < 1.29 is 154 Å². The van der Waals surface area contributed by atoms with Crippen molar-refractivity contribution in [2.45, 2.75) is 184 Å². The molecule has 0 amide bonds. The minimum absolute atomic E-state index is 0.753. The highest BCUT2D eigenvalue weighted by atomic mass is 16.8. The monoisotopic (exact) mass is 990 g/mol. The zero-order valence-corrected chi connectivity index (χ0v) is 35.0. The molecular weight excluding hydrogens is 928 g/mol. The normalized spacial score (nSPS) is 53.4. The van der Waals surface area contributed by atoms with Gasteiger partial charge in [-0.2, -0.15) is 0 Å². The number of hydrogen-bond acceptors (Lipinski definition) is 31. The van der Waals surface area contributed by atoms with Crippen molar-refractivity contribution in [2.24, 2.45) is 0 Å². The van der Waals surface area contributed by atoms with Crippen LogP contribution in [0, 0.1) is 0 Å². The van der Waals surface area contributed by atoms with Crippen LogP contribution in [-0.4, -0.2) is 326 Å². The summed E-state index contributed by atoms with van der Waals surface area (Å²) in [6, 6.07) is 0. The molecule has 0 saturated carbocycles. The van der Waals surface area contributed by atoms with E-state index in [-0.39, 0.29) is 0 Å². The number of hydrogen-bond donors (Lipinski definition) is 20. The molecule has 0 radical (unpaired) electrons. The molecule has 0 aliphatic carbocycles. The average Bonchev–Trinajstić information content (AvgIpc) is 3.32. The van der Waals surface area contributed by atoms with Crippen molar-refractivity contribution in [3.63, 3.8) is 0 Å². The zero-order valence-electron chi connectivity index (χ0n) is 35.0. The molecule has 6 saturated heterocycles. The van der Waals surface area contributed by atoms with E-state index in [9.17, 15) is 102 Å². The first-order chi connectivity index (χ1) is 31.7. The Morgan fingerprint density at radius 3 is 0.881 bits per heavy atom. The summed E-state index contributed by atoms with van der Waals surface area (Å²) in [5.41, 5.74) is 0. The van der Waals surface area contributed by atoms with Gasteiger partial charge in [-0.1, -0.05) is 0 Å². The second kappa shape index (κ2) is 23.5. The highest BCUT2D eigenvalue weighted by Crippen LogP contribution is 2.36. The summed E-state index contributed by atoms with van der Waals surface area (Å²) in [7, 11) is 0. The minimum atomic E-state index is -2.18. The molecule has 31 heteroatoms. The molecule has 31 nitrogen and oxygen atoms in total. The maximum Gasteiger partial charge on any atom is 0.187 e. The number of rotatable bonds is 16. The second-order valence-corrected chi connectivity index (χ2v) is 16.8. The van der Waals surface area contributed by atoms with E-state index < -0.39 is 224 Å². The maximum atomic E-state index is 11.2. The van der Waals surface area contributed by atoms with Crippen molar-refractivity contribution in [3.05, 3.63) is 0 Å². The van der Waals surface area contributed by atoms with Crippen LogP contribution >= 0.6 is 0 Å². The first-order valence-electron chi connectivity index (χ1n) is 21.1. The fraction of sp³-hybridized carbons (Fsp3) is 1.00. The van der Waals surface area contributed by atoms with Crippen LogP contribution in [-0.2, 0) is 52.1 Å². The van der Waals surface area contributed by atoms with Crippen LogP contribution in [0.5, 0.6) is 0 Å². The second-order valence-electron chi connectivity index (χ2n) is 16.8. The number of aliphatic hydroxyl groups is 20. The van der Waals surface area contributed by atoms with E-state index in [0.717, 1.165) is 0 Å². The van der Waals surface area contributed by atoms with Gasteiger partial charge in [0.25, 0.3) is 0 Å². The van der Waals surface area contributed by atoms with Gasteiger partial charge in [0.15, 0.2) is 37.7 Å². The summed E-state index contributed by atoms with van der Waals surface area (Å²) in [5.74, 6) is 0. The average molecular weight is 991 g/mol. The van der Waals surface area contributed by atoms with Crippen molar-refractivity contribution in [1.82, 2.24) is 0 Å². The summed E-state index contributed by atoms with van der Waals surface area (Å²) in [6.07, 6.45) is -56.2.